The Morgan fingerprint density at radius 3 is 2.55 bits per heavy atom. The van der Waals surface area contributed by atoms with Crippen LogP contribution in [0, 0.1) is 5.41 Å². The molecule has 1 fully saturated rings. The van der Waals surface area contributed by atoms with Crippen LogP contribution in [-0.2, 0) is 9.59 Å². The molecule has 1 unspecified atom stereocenters. The van der Waals surface area contributed by atoms with Crippen molar-refractivity contribution in [3.63, 3.8) is 0 Å². The predicted molar refractivity (Wildman–Crippen MR) is 76.4 cm³/mol. The lowest BCUT2D eigenvalue weighted by molar-refractivity contribution is -0.153. The molecule has 0 radical (unpaired) electrons. The summed E-state index contributed by atoms with van der Waals surface area (Å²) in [4.78, 5) is 25.6. The molecule has 108 valence electrons. The average Bonchev–Trinajstić information content (AvgIpc) is 2.46. The Morgan fingerprint density at radius 1 is 1.30 bits per heavy atom. The fourth-order valence-electron chi connectivity index (χ4n) is 2.76. The first-order valence-electron chi connectivity index (χ1n) is 7.01. The first-order valence-corrected chi connectivity index (χ1v) is 7.01. The maximum absolute atomic E-state index is 12.5. The zero-order valence-electron chi connectivity index (χ0n) is 12.0. The lowest BCUT2D eigenvalue weighted by Crippen LogP contribution is -2.49. The van der Waals surface area contributed by atoms with E-state index in [0.29, 0.717) is 19.5 Å². The first kappa shape index (κ1) is 14.6. The van der Waals surface area contributed by atoms with Crippen molar-refractivity contribution < 1.29 is 14.7 Å². The molecule has 4 heteroatoms. The Labute approximate surface area is 119 Å². The standard InChI is InChI=1S/C16H21NO3/c1-12(13-7-4-3-5-8-13)14(18)17-10-6-9-16(2,11-17)15(19)20/h3-5,7-8,12H,6,9-11H2,1-2H3,(H,19,20)/t12-,16?/m1/s1. The Balaban J connectivity index is 2.11. The predicted octanol–water partition coefficient (Wildman–Crippen LogP) is 2.50. The molecular weight excluding hydrogens is 254 g/mol. The average molecular weight is 275 g/mol. The monoisotopic (exact) mass is 275 g/mol. The van der Waals surface area contributed by atoms with Crippen LogP contribution in [0.5, 0.6) is 0 Å². The highest BCUT2D eigenvalue weighted by Gasteiger charge is 2.40. The number of carbonyl (C=O) groups excluding carboxylic acids is 1. The summed E-state index contributed by atoms with van der Waals surface area (Å²) in [5, 5.41) is 9.31. The summed E-state index contributed by atoms with van der Waals surface area (Å²) in [6, 6.07) is 9.61. The van der Waals surface area contributed by atoms with Crippen LogP contribution < -0.4 is 0 Å². The van der Waals surface area contributed by atoms with Crippen molar-refractivity contribution in [3.05, 3.63) is 35.9 Å². The van der Waals surface area contributed by atoms with Gasteiger partial charge >= 0.3 is 5.97 Å². The number of likely N-dealkylation sites (tertiary alicyclic amines) is 1. The van der Waals surface area contributed by atoms with E-state index in [4.69, 9.17) is 0 Å². The van der Waals surface area contributed by atoms with Gasteiger partial charge in [0.05, 0.1) is 11.3 Å². The third-order valence-corrected chi connectivity index (χ3v) is 4.19. The molecule has 2 atom stereocenters. The van der Waals surface area contributed by atoms with Crippen molar-refractivity contribution in [1.29, 1.82) is 0 Å². The van der Waals surface area contributed by atoms with Gasteiger partial charge < -0.3 is 10.0 Å². The van der Waals surface area contributed by atoms with Crippen LogP contribution in [0.15, 0.2) is 30.3 Å². The second kappa shape index (κ2) is 5.65. The summed E-state index contributed by atoms with van der Waals surface area (Å²) in [6.07, 6.45) is 1.38. The highest BCUT2D eigenvalue weighted by molar-refractivity contribution is 5.84. The van der Waals surface area contributed by atoms with Crippen molar-refractivity contribution in [2.24, 2.45) is 5.41 Å². The number of amides is 1. The van der Waals surface area contributed by atoms with Crippen LogP contribution in [0.25, 0.3) is 0 Å². The Morgan fingerprint density at radius 2 is 1.95 bits per heavy atom. The SMILES string of the molecule is C[C@@H](C(=O)N1CCCC(C)(C(=O)O)C1)c1ccccc1. The number of carboxylic acids is 1. The summed E-state index contributed by atoms with van der Waals surface area (Å²) in [7, 11) is 0. The Bertz CT molecular complexity index is 500. The molecule has 1 heterocycles. The lowest BCUT2D eigenvalue weighted by atomic mass is 9.81. The first-order chi connectivity index (χ1) is 9.44. The lowest BCUT2D eigenvalue weighted by Gasteiger charge is -2.38. The third-order valence-electron chi connectivity index (χ3n) is 4.19. The van der Waals surface area contributed by atoms with Gasteiger partial charge in [-0.2, -0.15) is 0 Å². The molecule has 0 bridgehead atoms. The van der Waals surface area contributed by atoms with Gasteiger partial charge in [-0.1, -0.05) is 30.3 Å². The highest BCUT2D eigenvalue weighted by atomic mass is 16.4. The Kier molecular flexibility index (Phi) is 4.12. The fraction of sp³-hybridized carbons (Fsp3) is 0.500. The van der Waals surface area contributed by atoms with E-state index in [1.54, 1.807) is 11.8 Å². The normalized spacial score (nSPS) is 24.2. The van der Waals surface area contributed by atoms with Crippen molar-refractivity contribution in [3.8, 4) is 0 Å². The van der Waals surface area contributed by atoms with Gasteiger partial charge in [0.1, 0.15) is 0 Å². The number of carboxylic acid groups (broad SMARTS) is 1. The van der Waals surface area contributed by atoms with Gasteiger partial charge in [-0.3, -0.25) is 9.59 Å². The van der Waals surface area contributed by atoms with E-state index in [9.17, 15) is 14.7 Å². The number of piperidine rings is 1. The summed E-state index contributed by atoms with van der Waals surface area (Å²) in [5.74, 6) is -1.03. The number of rotatable bonds is 3. The molecule has 2 rings (SSSR count). The zero-order valence-corrected chi connectivity index (χ0v) is 12.0. The molecule has 1 aromatic carbocycles. The molecule has 1 saturated heterocycles. The van der Waals surface area contributed by atoms with Gasteiger partial charge in [-0.25, -0.2) is 0 Å². The number of benzene rings is 1. The van der Waals surface area contributed by atoms with Crippen LogP contribution in [-0.4, -0.2) is 35.0 Å². The minimum atomic E-state index is -0.817. The second-order valence-electron chi connectivity index (χ2n) is 5.86. The van der Waals surface area contributed by atoms with Crippen LogP contribution in [0.4, 0.5) is 0 Å². The number of carbonyl (C=O) groups is 2. The molecule has 1 amide bonds. The van der Waals surface area contributed by atoms with Crippen LogP contribution in [0.1, 0.15) is 38.2 Å². The van der Waals surface area contributed by atoms with Crippen molar-refractivity contribution in [2.75, 3.05) is 13.1 Å². The van der Waals surface area contributed by atoms with Gasteiger partial charge in [0.15, 0.2) is 0 Å². The fourth-order valence-corrected chi connectivity index (χ4v) is 2.76. The van der Waals surface area contributed by atoms with Gasteiger partial charge in [-0.15, -0.1) is 0 Å². The molecule has 1 aliphatic heterocycles. The minimum Gasteiger partial charge on any atom is -0.481 e. The highest BCUT2D eigenvalue weighted by Crippen LogP contribution is 2.31. The largest absolute Gasteiger partial charge is 0.481 e. The maximum atomic E-state index is 12.5. The quantitative estimate of drug-likeness (QED) is 0.922. The molecule has 1 N–H and O–H groups in total. The molecule has 4 nitrogen and oxygen atoms in total. The number of hydrogen-bond donors (Lipinski definition) is 1. The van der Waals surface area contributed by atoms with E-state index in [1.165, 1.54) is 0 Å². The summed E-state index contributed by atoms with van der Waals surface area (Å²) >= 11 is 0. The van der Waals surface area contributed by atoms with E-state index < -0.39 is 11.4 Å². The number of aliphatic carboxylic acids is 1. The van der Waals surface area contributed by atoms with Gasteiger partial charge in [0, 0.05) is 13.1 Å². The van der Waals surface area contributed by atoms with E-state index in [2.05, 4.69) is 0 Å². The number of hydrogen-bond acceptors (Lipinski definition) is 2. The van der Waals surface area contributed by atoms with E-state index >= 15 is 0 Å². The van der Waals surface area contributed by atoms with Gasteiger partial charge in [0.2, 0.25) is 5.91 Å². The second-order valence-corrected chi connectivity index (χ2v) is 5.86. The molecule has 20 heavy (non-hydrogen) atoms. The third kappa shape index (κ3) is 2.84. The molecular formula is C16H21NO3. The van der Waals surface area contributed by atoms with E-state index in [0.717, 1.165) is 12.0 Å². The molecule has 0 spiro atoms. The van der Waals surface area contributed by atoms with Crippen LogP contribution in [0.3, 0.4) is 0 Å². The molecule has 0 aromatic heterocycles. The Hall–Kier alpha value is -1.84. The van der Waals surface area contributed by atoms with Crippen molar-refractivity contribution in [1.82, 2.24) is 4.90 Å². The van der Waals surface area contributed by atoms with E-state index in [1.807, 2.05) is 37.3 Å². The zero-order chi connectivity index (χ0) is 14.8. The van der Waals surface area contributed by atoms with E-state index in [-0.39, 0.29) is 11.8 Å². The molecule has 1 aliphatic rings. The summed E-state index contributed by atoms with van der Waals surface area (Å²) in [5.41, 5.74) is 0.157. The van der Waals surface area contributed by atoms with Crippen LogP contribution in [0.2, 0.25) is 0 Å². The molecule has 1 aromatic rings. The van der Waals surface area contributed by atoms with Crippen LogP contribution >= 0.6 is 0 Å². The van der Waals surface area contributed by atoms with Gasteiger partial charge in [0.25, 0.3) is 0 Å². The number of nitrogens with zero attached hydrogens (tertiary/aromatic N) is 1. The maximum Gasteiger partial charge on any atom is 0.311 e. The van der Waals surface area contributed by atoms with Crippen molar-refractivity contribution >= 4 is 11.9 Å². The summed E-state index contributed by atoms with van der Waals surface area (Å²) in [6.45, 7) is 4.56. The smallest absolute Gasteiger partial charge is 0.311 e. The molecule has 0 aliphatic carbocycles. The van der Waals surface area contributed by atoms with Crippen molar-refractivity contribution in [2.45, 2.75) is 32.6 Å². The van der Waals surface area contributed by atoms with Gasteiger partial charge in [-0.05, 0) is 32.3 Å². The topological polar surface area (TPSA) is 57.6 Å². The molecule has 0 saturated carbocycles. The minimum absolute atomic E-state index is 0.0170. The summed E-state index contributed by atoms with van der Waals surface area (Å²) < 4.78 is 0.